The van der Waals surface area contributed by atoms with Crippen LogP contribution < -0.4 is 0 Å². The molecular formula is C19H34O6. The molecule has 0 aliphatic rings. The molecule has 6 nitrogen and oxygen atoms in total. The minimum absolute atomic E-state index is 0.211. The molecule has 0 aromatic heterocycles. The van der Waals surface area contributed by atoms with Crippen molar-refractivity contribution in [1.82, 2.24) is 0 Å². The van der Waals surface area contributed by atoms with Gasteiger partial charge in [0, 0.05) is 31.0 Å². The lowest BCUT2D eigenvalue weighted by Crippen LogP contribution is -2.05. The summed E-state index contributed by atoms with van der Waals surface area (Å²) in [6.45, 7) is 14.9. The van der Waals surface area contributed by atoms with Gasteiger partial charge in [0.1, 0.15) is 0 Å². The first kappa shape index (κ1) is 25.6. The molecule has 0 unspecified atom stereocenters. The van der Waals surface area contributed by atoms with Gasteiger partial charge >= 0.3 is 11.9 Å². The van der Waals surface area contributed by atoms with Crippen molar-refractivity contribution in [1.29, 1.82) is 0 Å². The molecule has 0 aliphatic heterocycles. The zero-order valence-electron chi connectivity index (χ0n) is 15.9. The van der Waals surface area contributed by atoms with Crippen molar-refractivity contribution in [2.75, 3.05) is 19.8 Å². The lowest BCUT2D eigenvalue weighted by molar-refractivity contribution is -0.133. The second kappa shape index (κ2) is 17.2. The van der Waals surface area contributed by atoms with Gasteiger partial charge in [0.05, 0.1) is 6.10 Å². The Morgan fingerprint density at radius 3 is 1.72 bits per heavy atom. The maximum atomic E-state index is 10.3. The molecule has 0 fully saturated rings. The number of unbranched alkanes of at least 4 members (excludes halogenated alkanes) is 1. The normalized spacial score (nSPS) is 10.1. The summed E-state index contributed by atoms with van der Waals surface area (Å²) in [6.07, 6.45) is 4.90. The molecule has 0 aliphatic carbocycles. The van der Waals surface area contributed by atoms with Crippen LogP contribution in [0.2, 0.25) is 0 Å². The van der Waals surface area contributed by atoms with Gasteiger partial charge in [-0.2, -0.15) is 0 Å². The molecule has 6 heteroatoms. The maximum absolute atomic E-state index is 10.3. The summed E-state index contributed by atoms with van der Waals surface area (Å²) < 4.78 is 10.5. The Labute approximate surface area is 151 Å². The quantitative estimate of drug-likeness (QED) is 0.359. The van der Waals surface area contributed by atoms with Crippen molar-refractivity contribution in [2.24, 2.45) is 0 Å². The van der Waals surface area contributed by atoms with Crippen LogP contribution in [0.25, 0.3) is 0 Å². The lowest BCUT2D eigenvalue weighted by Gasteiger charge is -2.06. The summed E-state index contributed by atoms with van der Waals surface area (Å²) in [7, 11) is 0. The number of aliphatic carboxylic acids is 2. The third kappa shape index (κ3) is 20.3. The number of hydrogen-bond donors (Lipinski definition) is 2. The SMILES string of the molecule is C=C(CCCOC(C)C)C(=O)O.C=C(CCCOCCCC)C(=O)O. The summed E-state index contributed by atoms with van der Waals surface area (Å²) in [5, 5.41) is 16.9. The van der Waals surface area contributed by atoms with Crippen LogP contribution in [0.1, 0.15) is 59.3 Å². The van der Waals surface area contributed by atoms with Gasteiger partial charge in [0.25, 0.3) is 0 Å². The largest absolute Gasteiger partial charge is 0.478 e. The van der Waals surface area contributed by atoms with Crippen molar-refractivity contribution in [3.8, 4) is 0 Å². The minimum Gasteiger partial charge on any atom is -0.478 e. The second-order valence-corrected chi connectivity index (χ2v) is 5.91. The highest BCUT2D eigenvalue weighted by molar-refractivity contribution is 5.85. The predicted octanol–water partition coefficient (Wildman–Crippen LogP) is 4.06. The standard InChI is InChI=1S/C10H18O3.C9H16O3/c1-3-4-7-13-8-5-6-9(2)10(11)12;1-7(2)12-6-4-5-8(3)9(10)11/h2-8H2,1H3,(H,11,12);7H,3-6H2,1-2H3,(H,10,11). The van der Waals surface area contributed by atoms with E-state index in [9.17, 15) is 9.59 Å². The number of carbonyl (C=O) groups is 2. The van der Waals surface area contributed by atoms with E-state index in [0.717, 1.165) is 32.3 Å². The monoisotopic (exact) mass is 358 g/mol. The van der Waals surface area contributed by atoms with Crippen LogP contribution in [0.4, 0.5) is 0 Å². The van der Waals surface area contributed by atoms with E-state index in [4.69, 9.17) is 19.7 Å². The van der Waals surface area contributed by atoms with E-state index in [1.807, 2.05) is 13.8 Å². The fraction of sp³-hybridized carbons (Fsp3) is 0.684. The third-order valence-corrected chi connectivity index (χ3v) is 3.09. The number of ether oxygens (including phenoxy) is 2. The van der Waals surface area contributed by atoms with E-state index in [1.165, 1.54) is 0 Å². The van der Waals surface area contributed by atoms with E-state index >= 15 is 0 Å². The minimum atomic E-state index is -0.917. The number of carboxylic acids is 2. The lowest BCUT2D eigenvalue weighted by atomic mass is 10.2. The number of rotatable bonds is 14. The molecule has 0 rings (SSSR count). The van der Waals surface area contributed by atoms with Crippen molar-refractivity contribution in [2.45, 2.75) is 65.4 Å². The highest BCUT2D eigenvalue weighted by Crippen LogP contribution is 2.03. The summed E-state index contributed by atoms with van der Waals surface area (Å²) >= 11 is 0. The van der Waals surface area contributed by atoms with E-state index in [0.29, 0.717) is 26.1 Å². The van der Waals surface area contributed by atoms with Gasteiger partial charge in [-0.3, -0.25) is 0 Å². The molecular weight excluding hydrogens is 324 g/mol. The Balaban J connectivity index is 0. The number of carboxylic acid groups (broad SMARTS) is 2. The van der Waals surface area contributed by atoms with E-state index in [2.05, 4.69) is 20.1 Å². The molecule has 0 amide bonds. The van der Waals surface area contributed by atoms with E-state index in [-0.39, 0.29) is 17.3 Å². The summed E-state index contributed by atoms with van der Waals surface area (Å²) in [5.74, 6) is -1.83. The van der Waals surface area contributed by atoms with Crippen LogP contribution in [-0.4, -0.2) is 48.1 Å². The van der Waals surface area contributed by atoms with Gasteiger partial charge in [-0.15, -0.1) is 0 Å². The molecule has 25 heavy (non-hydrogen) atoms. The molecule has 0 bridgehead atoms. The van der Waals surface area contributed by atoms with Crippen LogP contribution in [0.15, 0.2) is 24.3 Å². The zero-order valence-corrected chi connectivity index (χ0v) is 15.9. The molecule has 0 spiro atoms. The van der Waals surface area contributed by atoms with Crippen LogP contribution in [-0.2, 0) is 19.1 Å². The maximum Gasteiger partial charge on any atom is 0.330 e. The fourth-order valence-electron chi connectivity index (χ4n) is 1.55. The van der Waals surface area contributed by atoms with Gasteiger partial charge < -0.3 is 19.7 Å². The molecule has 0 heterocycles. The van der Waals surface area contributed by atoms with Gasteiger partial charge in [-0.05, 0) is 46.0 Å². The first-order valence-corrected chi connectivity index (χ1v) is 8.73. The summed E-state index contributed by atoms with van der Waals surface area (Å²) in [4.78, 5) is 20.6. The molecule has 0 radical (unpaired) electrons. The first-order chi connectivity index (χ1) is 11.7. The predicted molar refractivity (Wildman–Crippen MR) is 98.8 cm³/mol. The van der Waals surface area contributed by atoms with Crippen molar-refractivity contribution < 1.29 is 29.3 Å². The Bertz CT molecular complexity index is 401. The highest BCUT2D eigenvalue weighted by atomic mass is 16.5. The van der Waals surface area contributed by atoms with Crippen LogP contribution in [0.5, 0.6) is 0 Å². The van der Waals surface area contributed by atoms with Crippen LogP contribution >= 0.6 is 0 Å². The fourth-order valence-corrected chi connectivity index (χ4v) is 1.55. The highest BCUT2D eigenvalue weighted by Gasteiger charge is 2.03. The first-order valence-electron chi connectivity index (χ1n) is 8.73. The Hall–Kier alpha value is -1.66. The third-order valence-electron chi connectivity index (χ3n) is 3.09. The average Bonchev–Trinajstić information content (AvgIpc) is 2.54. The molecule has 146 valence electrons. The Morgan fingerprint density at radius 1 is 0.880 bits per heavy atom. The second-order valence-electron chi connectivity index (χ2n) is 5.91. The van der Waals surface area contributed by atoms with E-state index in [1.54, 1.807) is 0 Å². The molecule has 0 atom stereocenters. The summed E-state index contributed by atoms with van der Waals surface area (Å²) in [6, 6.07) is 0. The number of hydrogen-bond acceptors (Lipinski definition) is 4. The van der Waals surface area contributed by atoms with Crippen molar-refractivity contribution in [3.63, 3.8) is 0 Å². The Morgan fingerprint density at radius 2 is 1.32 bits per heavy atom. The molecule has 0 aromatic carbocycles. The van der Waals surface area contributed by atoms with Crippen LogP contribution in [0, 0.1) is 0 Å². The average molecular weight is 358 g/mol. The van der Waals surface area contributed by atoms with Gasteiger partial charge in [-0.25, -0.2) is 9.59 Å². The molecule has 2 N–H and O–H groups in total. The smallest absolute Gasteiger partial charge is 0.330 e. The van der Waals surface area contributed by atoms with E-state index < -0.39 is 11.9 Å². The molecule has 0 saturated carbocycles. The molecule has 0 saturated heterocycles. The molecule has 0 aromatic rings. The van der Waals surface area contributed by atoms with Gasteiger partial charge in [0.15, 0.2) is 0 Å². The zero-order chi connectivity index (χ0) is 19.7. The topological polar surface area (TPSA) is 93.1 Å². The van der Waals surface area contributed by atoms with Gasteiger partial charge in [-0.1, -0.05) is 26.5 Å². The van der Waals surface area contributed by atoms with Crippen molar-refractivity contribution >= 4 is 11.9 Å². The van der Waals surface area contributed by atoms with Crippen molar-refractivity contribution in [3.05, 3.63) is 24.3 Å². The Kier molecular flexibility index (Phi) is 17.6. The van der Waals surface area contributed by atoms with Gasteiger partial charge in [0.2, 0.25) is 0 Å². The van der Waals surface area contributed by atoms with Crippen LogP contribution in [0.3, 0.4) is 0 Å². The summed E-state index contributed by atoms with van der Waals surface area (Å²) in [5.41, 5.74) is 0.515.